The molecule has 0 spiro atoms. The maximum Gasteiger partial charge on any atom is 0.0616 e. The van der Waals surface area contributed by atoms with Crippen LogP contribution in [0.2, 0.25) is 0 Å². The van der Waals surface area contributed by atoms with Crippen LogP contribution in [0.4, 0.5) is 0 Å². The van der Waals surface area contributed by atoms with Gasteiger partial charge in [0.05, 0.1) is 6.10 Å². The molecule has 0 aromatic heterocycles. The summed E-state index contributed by atoms with van der Waals surface area (Å²) in [6, 6.07) is 0. The average Bonchev–Trinajstić information content (AvgIpc) is 2.46. The molecule has 1 aliphatic carbocycles. The van der Waals surface area contributed by atoms with Crippen molar-refractivity contribution in [3.8, 4) is 0 Å². The van der Waals surface area contributed by atoms with Gasteiger partial charge in [-0.15, -0.1) is 0 Å². The first-order valence-corrected chi connectivity index (χ1v) is 3.28. The number of hydrogen-bond acceptors (Lipinski definition) is 2. The van der Waals surface area contributed by atoms with Crippen molar-refractivity contribution in [1.82, 2.24) is 5.32 Å². The molecule has 8 heavy (non-hydrogen) atoms. The van der Waals surface area contributed by atoms with Gasteiger partial charge in [-0.05, 0) is 18.9 Å². The second-order valence-electron chi connectivity index (χ2n) is 2.81. The molecule has 0 aromatic rings. The molecule has 0 unspecified atom stereocenters. The normalized spacial score (nSPS) is 52.9. The Bertz CT molecular complexity index is 92.7. The molecule has 0 radical (unpaired) electrons. The highest BCUT2D eigenvalue weighted by atomic mass is 16.3. The number of piperidine rings is 1. The summed E-state index contributed by atoms with van der Waals surface area (Å²) < 4.78 is 0. The first-order valence-electron chi connectivity index (χ1n) is 3.28. The maximum absolute atomic E-state index is 9.09. The van der Waals surface area contributed by atoms with Crippen molar-refractivity contribution in [3.05, 3.63) is 0 Å². The minimum absolute atomic E-state index is 0.0463. The summed E-state index contributed by atoms with van der Waals surface area (Å²) in [6.07, 6.45) is 1.23. The Balaban J connectivity index is 1.97. The monoisotopic (exact) mass is 113 g/mol. The molecule has 2 N–H and O–H groups in total. The molecule has 2 rings (SSSR count). The molecule has 1 aliphatic heterocycles. The van der Waals surface area contributed by atoms with E-state index in [0.717, 1.165) is 13.1 Å². The summed E-state index contributed by atoms with van der Waals surface area (Å²) >= 11 is 0. The summed E-state index contributed by atoms with van der Waals surface area (Å²) in [5.74, 6) is 1.28. The van der Waals surface area contributed by atoms with Crippen LogP contribution in [0.15, 0.2) is 0 Å². The van der Waals surface area contributed by atoms with Gasteiger partial charge in [-0.3, -0.25) is 0 Å². The minimum Gasteiger partial charge on any atom is -0.392 e. The van der Waals surface area contributed by atoms with E-state index >= 15 is 0 Å². The first kappa shape index (κ1) is 4.77. The standard InChI is InChI=1S/C6H11NO/c8-6-4-1-2-7-3-5(4)6/h4-8H,1-3H2/t4-,5+,6+/m1/s1. The smallest absolute Gasteiger partial charge is 0.0616 e. The third-order valence-corrected chi connectivity index (χ3v) is 2.32. The van der Waals surface area contributed by atoms with Gasteiger partial charge in [0, 0.05) is 12.5 Å². The molecule has 46 valence electrons. The van der Waals surface area contributed by atoms with E-state index in [-0.39, 0.29) is 6.10 Å². The van der Waals surface area contributed by atoms with Crippen molar-refractivity contribution in [2.24, 2.45) is 11.8 Å². The SMILES string of the molecule is O[C@@H]1[C@H]2CNCC[C@@H]12. The fourth-order valence-electron chi connectivity index (χ4n) is 1.62. The van der Waals surface area contributed by atoms with Gasteiger partial charge in [0.2, 0.25) is 0 Å². The summed E-state index contributed by atoms with van der Waals surface area (Å²) in [5.41, 5.74) is 0. The lowest BCUT2D eigenvalue weighted by Gasteiger charge is -2.07. The van der Waals surface area contributed by atoms with E-state index in [1.165, 1.54) is 6.42 Å². The Morgan fingerprint density at radius 3 is 2.75 bits per heavy atom. The van der Waals surface area contributed by atoms with Crippen LogP contribution in [0.5, 0.6) is 0 Å². The molecule has 1 saturated heterocycles. The lowest BCUT2D eigenvalue weighted by atomic mass is 10.2. The Hall–Kier alpha value is -0.0800. The zero-order valence-electron chi connectivity index (χ0n) is 4.80. The van der Waals surface area contributed by atoms with Crippen LogP contribution in [-0.4, -0.2) is 24.3 Å². The van der Waals surface area contributed by atoms with Crippen molar-refractivity contribution < 1.29 is 5.11 Å². The van der Waals surface area contributed by atoms with E-state index in [0.29, 0.717) is 11.8 Å². The fraction of sp³-hybridized carbons (Fsp3) is 1.00. The molecule has 0 aromatic carbocycles. The van der Waals surface area contributed by atoms with Crippen LogP contribution in [0.25, 0.3) is 0 Å². The number of aliphatic hydroxyl groups excluding tert-OH is 1. The maximum atomic E-state index is 9.09. The topological polar surface area (TPSA) is 32.3 Å². The van der Waals surface area contributed by atoms with E-state index in [1.54, 1.807) is 0 Å². The summed E-state index contributed by atoms with van der Waals surface area (Å²) in [5, 5.41) is 12.3. The predicted molar refractivity (Wildman–Crippen MR) is 30.5 cm³/mol. The van der Waals surface area contributed by atoms with Gasteiger partial charge in [0.25, 0.3) is 0 Å². The van der Waals surface area contributed by atoms with E-state index in [2.05, 4.69) is 5.32 Å². The summed E-state index contributed by atoms with van der Waals surface area (Å²) in [7, 11) is 0. The summed E-state index contributed by atoms with van der Waals surface area (Å²) in [6.45, 7) is 2.16. The number of rotatable bonds is 0. The molecule has 3 atom stereocenters. The van der Waals surface area contributed by atoms with Gasteiger partial charge >= 0.3 is 0 Å². The molecule has 0 bridgehead atoms. The number of fused-ring (bicyclic) bond motifs is 1. The van der Waals surface area contributed by atoms with E-state index < -0.39 is 0 Å². The molecule has 2 aliphatic rings. The van der Waals surface area contributed by atoms with Gasteiger partial charge in [0.1, 0.15) is 0 Å². The van der Waals surface area contributed by atoms with E-state index in [9.17, 15) is 0 Å². The zero-order chi connectivity index (χ0) is 5.56. The van der Waals surface area contributed by atoms with Crippen molar-refractivity contribution in [2.75, 3.05) is 13.1 Å². The Labute approximate surface area is 48.9 Å². The molecule has 1 heterocycles. The van der Waals surface area contributed by atoms with Crippen molar-refractivity contribution in [3.63, 3.8) is 0 Å². The van der Waals surface area contributed by atoms with Gasteiger partial charge in [-0.2, -0.15) is 0 Å². The quantitative estimate of drug-likeness (QED) is 0.447. The number of aliphatic hydroxyl groups is 1. The average molecular weight is 113 g/mol. The number of nitrogens with one attached hydrogen (secondary N) is 1. The van der Waals surface area contributed by atoms with Crippen LogP contribution < -0.4 is 5.32 Å². The molecule has 2 fully saturated rings. The van der Waals surface area contributed by atoms with Gasteiger partial charge in [-0.25, -0.2) is 0 Å². The van der Waals surface area contributed by atoms with Crippen LogP contribution >= 0.6 is 0 Å². The van der Waals surface area contributed by atoms with Crippen LogP contribution in [0.3, 0.4) is 0 Å². The highest BCUT2D eigenvalue weighted by Crippen LogP contribution is 2.42. The Morgan fingerprint density at radius 2 is 2.25 bits per heavy atom. The molecule has 0 amide bonds. The van der Waals surface area contributed by atoms with Crippen LogP contribution in [-0.2, 0) is 0 Å². The summed E-state index contributed by atoms with van der Waals surface area (Å²) in [4.78, 5) is 0. The lowest BCUT2D eigenvalue weighted by Crippen LogP contribution is -2.23. The van der Waals surface area contributed by atoms with Crippen LogP contribution in [0, 0.1) is 11.8 Å². The highest BCUT2D eigenvalue weighted by Gasteiger charge is 2.49. The lowest BCUT2D eigenvalue weighted by molar-refractivity contribution is 0.250. The number of hydrogen-bond donors (Lipinski definition) is 2. The Morgan fingerprint density at radius 1 is 1.38 bits per heavy atom. The fourth-order valence-corrected chi connectivity index (χ4v) is 1.62. The molecule has 2 heteroatoms. The van der Waals surface area contributed by atoms with Crippen molar-refractivity contribution >= 4 is 0 Å². The minimum atomic E-state index is 0.0463. The van der Waals surface area contributed by atoms with E-state index in [4.69, 9.17) is 5.11 Å². The van der Waals surface area contributed by atoms with Gasteiger partial charge < -0.3 is 10.4 Å². The predicted octanol–water partition coefficient (Wildman–Crippen LogP) is -0.413. The molecular weight excluding hydrogens is 102 g/mol. The Kier molecular flexibility index (Phi) is 0.866. The highest BCUT2D eigenvalue weighted by molar-refractivity contribution is 5.01. The third-order valence-electron chi connectivity index (χ3n) is 2.32. The van der Waals surface area contributed by atoms with Gasteiger partial charge in [-0.1, -0.05) is 0 Å². The van der Waals surface area contributed by atoms with Crippen molar-refractivity contribution in [1.29, 1.82) is 0 Å². The second-order valence-corrected chi connectivity index (χ2v) is 2.81. The van der Waals surface area contributed by atoms with Crippen LogP contribution in [0.1, 0.15) is 6.42 Å². The molecule has 2 nitrogen and oxygen atoms in total. The second kappa shape index (κ2) is 1.45. The third kappa shape index (κ3) is 0.501. The first-order chi connectivity index (χ1) is 3.89. The zero-order valence-corrected chi connectivity index (χ0v) is 4.80. The molecular formula is C6H11NO. The van der Waals surface area contributed by atoms with Gasteiger partial charge in [0.15, 0.2) is 0 Å². The largest absolute Gasteiger partial charge is 0.392 e. The molecule has 1 saturated carbocycles. The van der Waals surface area contributed by atoms with Crippen molar-refractivity contribution in [2.45, 2.75) is 12.5 Å². The van der Waals surface area contributed by atoms with E-state index in [1.807, 2.05) is 0 Å².